The predicted octanol–water partition coefficient (Wildman–Crippen LogP) is 4.55. The van der Waals surface area contributed by atoms with Crippen LogP contribution in [-0.4, -0.2) is 24.0 Å². The van der Waals surface area contributed by atoms with Crippen molar-refractivity contribution in [1.29, 1.82) is 0 Å². The molecule has 3 rings (SSSR count). The van der Waals surface area contributed by atoms with Crippen LogP contribution in [0.4, 0.5) is 0 Å². The number of pyridine rings is 1. The molecule has 0 aliphatic carbocycles. The molecule has 1 heterocycles. The quantitative estimate of drug-likeness (QED) is 0.610. The maximum atomic E-state index is 12.1. The van der Waals surface area contributed by atoms with Crippen molar-refractivity contribution in [1.82, 2.24) is 15.6 Å². The molecule has 0 fully saturated rings. The summed E-state index contributed by atoms with van der Waals surface area (Å²) in [7, 11) is 0. The first-order valence-electron chi connectivity index (χ1n) is 8.82. The highest BCUT2D eigenvalue weighted by Crippen LogP contribution is 2.25. The van der Waals surface area contributed by atoms with Crippen LogP contribution in [0.3, 0.4) is 0 Å². The molecule has 0 spiro atoms. The normalized spacial score (nSPS) is 12.1. The lowest BCUT2D eigenvalue weighted by molar-refractivity contribution is -0.120. The van der Waals surface area contributed by atoms with E-state index in [1.54, 1.807) is 18.3 Å². The van der Waals surface area contributed by atoms with Crippen molar-refractivity contribution in [3.05, 3.63) is 75.9 Å². The number of carbonyl (C=O) groups is 1. The molecular weight excluding hydrogens is 381 g/mol. The Labute approximate surface area is 168 Å². The molecule has 140 valence electrons. The minimum absolute atomic E-state index is 0.0530. The number of carbonyl (C=O) groups excluding carboxylic acids is 1. The number of para-hydroxylation sites is 1. The van der Waals surface area contributed by atoms with Gasteiger partial charge in [-0.2, -0.15) is 0 Å². The Morgan fingerprint density at radius 1 is 1.15 bits per heavy atom. The zero-order chi connectivity index (χ0) is 19.2. The number of hydrogen-bond donors (Lipinski definition) is 2. The summed E-state index contributed by atoms with van der Waals surface area (Å²) in [5.74, 6) is -0.0554. The van der Waals surface area contributed by atoms with Gasteiger partial charge in [-0.3, -0.25) is 9.78 Å². The van der Waals surface area contributed by atoms with Crippen molar-refractivity contribution in [2.75, 3.05) is 13.1 Å². The molecule has 0 saturated carbocycles. The summed E-state index contributed by atoms with van der Waals surface area (Å²) in [6, 6.07) is 15.4. The first kappa shape index (κ1) is 19.6. The summed E-state index contributed by atoms with van der Waals surface area (Å²) in [5.41, 5.74) is 3.02. The van der Waals surface area contributed by atoms with Crippen LogP contribution >= 0.6 is 23.2 Å². The van der Waals surface area contributed by atoms with E-state index in [1.807, 2.05) is 43.3 Å². The number of aromatic nitrogens is 1. The smallest absolute Gasteiger partial charge is 0.233 e. The zero-order valence-corrected chi connectivity index (χ0v) is 16.5. The van der Waals surface area contributed by atoms with Crippen molar-refractivity contribution in [3.63, 3.8) is 0 Å². The number of amides is 1. The fraction of sp³-hybridized carbons (Fsp3) is 0.238. The van der Waals surface area contributed by atoms with Crippen molar-refractivity contribution in [2.24, 2.45) is 0 Å². The third-order valence-electron chi connectivity index (χ3n) is 4.43. The SMILES string of the molecule is CC(NCC(=O)NCCc1cccc2cccnc12)c1ccc(Cl)cc1Cl. The molecule has 0 radical (unpaired) electrons. The van der Waals surface area contributed by atoms with E-state index in [2.05, 4.69) is 15.6 Å². The van der Waals surface area contributed by atoms with Crippen molar-refractivity contribution >= 4 is 40.0 Å². The highest BCUT2D eigenvalue weighted by Gasteiger charge is 2.11. The van der Waals surface area contributed by atoms with Crippen LogP contribution in [0.2, 0.25) is 10.0 Å². The van der Waals surface area contributed by atoms with Gasteiger partial charge in [0.1, 0.15) is 0 Å². The maximum Gasteiger partial charge on any atom is 0.233 e. The Hall–Kier alpha value is -2.14. The number of rotatable bonds is 7. The van der Waals surface area contributed by atoms with Crippen LogP contribution in [0, 0.1) is 0 Å². The summed E-state index contributed by atoms with van der Waals surface area (Å²) in [5, 5.41) is 8.42. The lowest BCUT2D eigenvalue weighted by Crippen LogP contribution is -2.36. The molecule has 0 bridgehead atoms. The molecule has 2 N–H and O–H groups in total. The van der Waals surface area contributed by atoms with E-state index >= 15 is 0 Å². The second kappa shape index (κ2) is 9.18. The number of benzene rings is 2. The van der Waals surface area contributed by atoms with Crippen LogP contribution in [0.1, 0.15) is 24.1 Å². The van der Waals surface area contributed by atoms with E-state index in [0.29, 0.717) is 16.6 Å². The zero-order valence-electron chi connectivity index (χ0n) is 15.0. The molecule has 3 aromatic rings. The van der Waals surface area contributed by atoms with Gasteiger partial charge in [-0.15, -0.1) is 0 Å². The van der Waals surface area contributed by atoms with Crippen molar-refractivity contribution < 1.29 is 4.79 Å². The van der Waals surface area contributed by atoms with Gasteiger partial charge >= 0.3 is 0 Å². The average Bonchev–Trinajstić information content (AvgIpc) is 2.66. The van der Waals surface area contributed by atoms with Gasteiger partial charge < -0.3 is 10.6 Å². The topological polar surface area (TPSA) is 54.0 Å². The number of nitrogens with one attached hydrogen (secondary N) is 2. The minimum Gasteiger partial charge on any atom is -0.355 e. The van der Waals surface area contributed by atoms with Gasteiger partial charge in [0.2, 0.25) is 5.91 Å². The molecule has 2 aromatic carbocycles. The fourth-order valence-electron chi connectivity index (χ4n) is 2.98. The third-order valence-corrected chi connectivity index (χ3v) is 4.99. The Balaban J connectivity index is 1.48. The van der Waals surface area contributed by atoms with Gasteiger partial charge in [0, 0.05) is 34.2 Å². The van der Waals surface area contributed by atoms with Gasteiger partial charge in [-0.1, -0.05) is 53.5 Å². The summed E-state index contributed by atoms with van der Waals surface area (Å²) >= 11 is 12.1. The maximum absolute atomic E-state index is 12.1. The van der Waals surface area contributed by atoms with Gasteiger partial charge in [0.05, 0.1) is 12.1 Å². The Kier molecular flexibility index (Phi) is 6.67. The van der Waals surface area contributed by atoms with E-state index < -0.39 is 0 Å². The van der Waals surface area contributed by atoms with E-state index in [4.69, 9.17) is 23.2 Å². The third kappa shape index (κ3) is 5.19. The summed E-state index contributed by atoms with van der Waals surface area (Å²) in [4.78, 5) is 16.6. The Morgan fingerprint density at radius 2 is 1.96 bits per heavy atom. The standard InChI is InChI=1S/C21H21Cl2N3O/c1-14(18-8-7-17(22)12-19(18)23)26-13-20(27)24-11-9-16-5-2-4-15-6-3-10-25-21(15)16/h2-8,10,12,14,26H,9,11,13H2,1H3,(H,24,27). The largest absolute Gasteiger partial charge is 0.355 e. The molecule has 0 saturated heterocycles. The molecule has 0 aliphatic heterocycles. The number of fused-ring (bicyclic) bond motifs is 1. The van der Waals surface area contributed by atoms with Gasteiger partial charge in [0.25, 0.3) is 0 Å². The summed E-state index contributed by atoms with van der Waals surface area (Å²) < 4.78 is 0. The van der Waals surface area contributed by atoms with Crippen LogP contribution in [0.15, 0.2) is 54.7 Å². The average molecular weight is 402 g/mol. The predicted molar refractivity (Wildman–Crippen MR) is 111 cm³/mol. The molecule has 27 heavy (non-hydrogen) atoms. The van der Waals surface area contributed by atoms with E-state index in [0.717, 1.165) is 28.5 Å². The second-order valence-corrected chi connectivity index (χ2v) is 7.20. The molecule has 4 nitrogen and oxygen atoms in total. The van der Waals surface area contributed by atoms with E-state index in [1.165, 1.54) is 0 Å². The summed E-state index contributed by atoms with van der Waals surface area (Å²) in [6.45, 7) is 2.74. The van der Waals surface area contributed by atoms with Gasteiger partial charge in [-0.05, 0) is 42.7 Å². The summed E-state index contributed by atoms with van der Waals surface area (Å²) in [6.07, 6.45) is 2.52. The lowest BCUT2D eigenvalue weighted by Gasteiger charge is -2.16. The van der Waals surface area contributed by atoms with Crippen LogP contribution in [0.5, 0.6) is 0 Å². The van der Waals surface area contributed by atoms with Crippen molar-refractivity contribution in [2.45, 2.75) is 19.4 Å². The molecule has 1 atom stereocenters. The van der Waals surface area contributed by atoms with E-state index in [9.17, 15) is 4.79 Å². The molecule has 1 amide bonds. The van der Waals surface area contributed by atoms with Gasteiger partial charge in [0.15, 0.2) is 0 Å². The minimum atomic E-state index is -0.0554. The molecule has 1 aromatic heterocycles. The highest BCUT2D eigenvalue weighted by atomic mass is 35.5. The van der Waals surface area contributed by atoms with Crippen LogP contribution in [-0.2, 0) is 11.2 Å². The number of halogens is 2. The van der Waals surface area contributed by atoms with Crippen LogP contribution in [0.25, 0.3) is 10.9 Å². The Bertz CT molecular complexity index is 940. The number of hydrogen-bond acceptors (Lipinski definition) is 3. The first-order valence-corrected chi connectivity index (χ1v) is 9.58. The molecular formula is C21H21Cl2N3O. The Morgan fingerprint density at radius 3 is 2.78 bits per heavy atom. The molecule has 1 unspecified atom stereocenters. The van der Waals surface area contributed by atoms with Crippen molar-refractivity contribution in [3.8, 4) is 0 Å². The molecule has 0 aliphatic rings. The highest BCUT2D eigenvalue weighted by molar-refractivity contribution is 6.35. The van der Waals surface area contributed by atoms with Gasteiger partial charge in [-0.25, -0.2) is 0 Å². The monoisotopic (exact) mass is 401 g/mol. The lowest BCUT2D eigenvalue weighted by atomic mass is 10.1. The first-order chi connectivity index (χ1) is 13.0. The van der Waals surface area contributed by atoms with E-state index in [-0.39, 0.29) is 18.5 Å². The van der Waals surface area contributed by atoms with Crippen LogP contribution < -0.4 is 10.6 Å². The molecule has 6 heteroatoms. The second-order valence-electron chi connectivity index (χ2n) is 6.36. The fourth-order valence-corrected chi connectivity index (χ4v) is 3.55. The number of nitrogens with zero attached hydrogens (tertiary/aromatic N) is 1.